The average Bonchev–Trinajstić information content (AvgIpc) is 2.19. The lowest BCUT2D eigenvalue weighted by Gasteiger charge is -2.01. The van der Waals surface area contributed by atoms with Crippen molar-refractivity contribution in [3.05, 3.63) is 41.8 Å². The fraction of sp³-hybridized carbons (Fsp3) is 0.200. The van der Waals surface area contributed by atoms with Gasteiger partial charge in [0.2, 0.25) is 0 Å². The summed E-state index contributed by atoms with van der Waals surface area (Å²) in [6.45, 7) is 2.05. The van der Waals surface area contributed by atoms with Gasteiger partial charge < -0.3 is 4.43 Å². The minimum atomic E-state index is 0.253. The van der Waals surface area contributed by atoms with E-state index in [0.29, 0.717) is 0 Å². The molecular formula is C10H14OSSi. The van der Waals surface area contributed by atoms with Gasteiger partial charge >= 0.3 is 0 Å². The molecule has 0 radical (unpaired) electrons. The molecule has 0 saturated carbocycles. The van der Waals surface area contributed by atoms with E-state index < -0.39 is 0 Å². The predicted octanol–water partition coefficient (Wildman–Crippen LogP) is 1.98. The first-order chi connectivity index (χ1) is 6.33. The van der Waals surface area contributed by atoms with E-state index in [1.54, 1.807) is 11.8 Å². The van der Waals surface area contributed by atoms with E-state index in [-0.39, 0.29) is 6.10 Å². The van der Waals surface area contributed by atoms with Crippen LogP contribution in [-0.2, 0) is 4.43 Å². The highest BCUT2D eigenvalue weighted by molar-refractivity contribution is 8.02. The summed E-state index contributed by atoms with van der Waals surface area (Å²) < 4.78 is 5.23. The van der Waals surface area contributed by atoms with E-state index in [0.717, 1.165) is 10.5 Å². The number of hydrogen-bond donors (Lipinski definition) is 0. The molecule has 0 spiro atoms. The third kappa shape index (κ3) is 4.31. The zero-order chi connectivity index (χ0) is 9.52. The molecule has 0 aromatic heterocycles. The van der Waals surface area contributed by atoms with Crippen molar-refractivity contribution in [3.8, 4) is 0 Å². The van der Waals surface area contributed by atoms with Gasteiger partial charge in [0.25, 0.3) is 0 Å². The highest BCUT2D eigenvalue weighted by Gasteiger charge is 1.90. The highest BCUT2D eigenvalue weighted by atomic mass is 32.2. The second kappa shape index (κ2) is 6.02. The van der Waals surface area contributed by atoms with Crippen LogP contribution in [-0.4, -0.2) is 16.6 Å². The van der Waals surface area contributed by atoms with Crippen LogP contribution in [0, 0.1) is 0 Å². The second-order valence-corrected chi connectivity index (χ2v) is 4.15. The van der Waals surface area contributed by atoms with Crippen LogP contribution in [0.15, 0.2) is 46.7 Å². The Balaban J connectivity index is 2.39. The van der Waals surface area contributed by atoms with E-state index in [1.165, 1.54) is 4.90 Å². The van der Waals surface area contributed by atoms with Gasteiger partial charge in [-0.2, -0.15) is 0 Å². The van der Waals surface area contributed by atoms with Gasteiger partial charge in [0.15, 0.2) is 0 Å². The van der Waals surface area contributed by atoms with Crippen molar-refractivity contribution in [3.63, 3.8) is 0 Å². The fourth-order valence-corrected chi connectivity index (χ4v) is 1.73. The summed E-state index contributed by atoms with van der Waals surface area (Å²) in [4.78, 5) is 1.26. The monoisotopic (exact) mass is 210 g/mol. The SMILES string of the molecule is CC(/C=C\Sc1ccccc1)O[SiH3]. The van der Waals surface area contributed by atoms with Crippen molar-refractivity contribution in [2.24, 2.45) is 0 Å². The topological polar surface area (TPSA) is 9.23 Å². The van der Waals surface area contributed by atoms with E-state index in [9.17, 15) is 0 Å². The average molecular weight is 210 g/mol. The molecule has 13 heavy (non-hydrogen) atoms. The number of rotatable bonds is 4. The van der Waals surface area contributed by atoms with Gasteiger partial charge in [0.1, 0.15) is 10.5 Å². The number of thioether (sulfide) groups is 1. The number of benzene rings is 1. The lowest BCUT2D eigenvalue weighted by molar-refractivity contribution is 0.298. The van der Waals surface area contributed by atoms with Crippen molar-refractivity contribution in [1.82, 2.24) is 0 Å². The van der Waals surface area contributed by atoms with Crippen LogP contribution in [0.2, 0.25) is 0 Å². The van der Waals surface area contributed by atoms with E-state index in [1.807, 2.05) is 18.2 Å². The van der Waals surface area contributed by atoms with Gasteiger partial charge in [-0.1, -0.05) is 36.0 Å². The first-order valence-corrected chi connectivity index (χ1v) is 5.93. The maximum Gasteiger partial charge on any atom is 0.146 e. The van der Waals surface area contributed by atoms with E-state index in [4.69, 9.17) is 4.43 Å². The fourth-order valence-electron chi connectivity index (χ4n) is 0.806. The minimum Gasteiger partial charge on any atom is -0.422 e. The maximum absolute atomic E-state index is 5.23. The summed E-state index contributed by atoms with van der Waals surface area (Å²) in [5.41, 5.74) is 0. The van der Waals surface area contributed by atoms with Gasteiger partial charge in [-0.05, 0) is 24.5 Å². The highest BCUT2D eigenvalue weighted by Crippen LogP contribution is 2.18. The summed E-state index contributed by atoms with van der Waals surface area (Å²) in [6, 6.07) is 10.3. The van der Waals surface area contributed by atoms with Crippen molar-refractivity contribution in [2.45, 2.75) is 17.9 Å². The Morgan fingerprint density at radius 1 is 1.38 bits per heavy atom. The third-order valence-corrected chi connectivity index (χ3v) is 3.25. The Labute approximate surface area is 86.7 Å². The predicted molar refractivity (Wildman–Crippen MR) is 61.9 cm³/mol. The zero-order valence-electron chi connectivity index (χ0n) is 7.94. The third-order valence-electron chi connectivity index (χ3n) is 1.67. The molecule has 1 unspecified atom stereocenters. The standard InChI is InChI=1S/C10H14OSSi/c1-9(11-13)7-8-12-10-5-3-2-4-6-10/h2-9H,1,13H3/b8-7-. The summed E-state index contributed by atoms with van der Waals surface area (Å²) in [7, 11) is 0.799. The molecule has 0 aliphatic heterocycles. The van der Waals surface area contributed by atoms with Crippen LogP contribution < -0.4 is 0 Å². The Morgan fingerprint density at radius 2 is 2.08 bits per heavy atom. The summed E-state index contributed by atoms with van der Waals surface area (Å²) in [5.74, 6) is 0. The molecule has 1 aromatic carbocycles. The van der Waals surface area contributed by atoms with Gasteiger partial charge in [-0.25, -0.2) is 0 Å². The lowest BCUT2D eigenvalue weighted by Crippen LogP contribution is -1.99. The quantitative estimate of drug-likeness (QED) is 0.555. The smallest absolute Gasteiger partial charge is 0.146 e. The molecular weight excluding hydrogens is 196 g/mol. The molecule has 3 heteroatoms. The van der Waals surface area contributed by atoms with Crippen LogP contribution in [0.5, 0.6) is 0 Å². The lowest BCUT2D eigenvalue weighted by atomic mass is 10.4. The minimum absolute atomic E-state index is 0.253. The molecule has 1 atom stereocenters. The van der Waals surface area contributed by atoms with Crippen molar-refractivity contribution < 1.29 is 4.43 Å². The molecule has 0 aliphatic rings. The summed E-state index contributed by atoms with van der Waals surface area (Å²) >= 11 is 1.72. The van der Waals surface area contributed by atoms with Crippen LogP contribution in [0.25, 0.3) is 0 Å². The van der Waals surface area contributed by atoms with Crippen LogP contribution >= 0.6 is 11.8 Å². The van der Waals surface area contributed by atoms with Crippen molar-refractivity contribution in [2.75, 3.05) is 0 Å². The number of hydrogen-bond acceptors (Lipinski definition) is 2. The van der Waals surface area contributed by atoms with Gasteiger partial charge in [-0.3, -0.25) is 0 Å². The molecule has 70 valence electrons. The Hall–Kier alpha value is -0.513. The zero-order valence-corrected chi connectivity index (χ0v) is 10.8. The van der Waals surface area contributed by atoms with Crippen LogP contribution in [0.1, 0.15) is 6.92 Å². The van der Waals surface area contributed by atoms with Crippen LogP contribution in [0.3, 0.4) is 0 Å². The largest absolute Gasteiger partial charge is 0.422 e. The molecule has 0 fully saturated rings. The molecule has 0 amide bonds. The molecule has 1 aromatic rings. The first-order valence-electron chi connectivity index (χ1n) is 4.24. The van der Waals surface area contributed by atoms with Crippen molar-refractivity contribution >= 4 is 22.2 Å². The van der Waals surface area contributed by atoms with E-state index >= 15 is 0 Å². The van der Waals surface area contributed by atoms with Crippen molar-refractivity contribution in [1.29, 1.82) is 0 Å². The maximum atomic E-state index is 5.23. The molecule has 0 aliphatic carbocycles. The van der Waals surface area contributed by atoms with Gasteiger partial charge in [-0.15, -0.1) is 0 Å². The summed E-state index contributed by atoms with van der Waals surface area (Å²) in [5, 5.41) is 2.08. The molecule has 1 rings (SSSR count). The Morgan fingerprint density at radius 3 is 2.69 bits per heavy atom. The molecule has 0 saturated heterocycles. The Bertz CT molecular complexity index is 261. The van der Waals surface area contributed by atoms with Gasteiger partial charge in [0.05, 0.1) is 6.10 Å². The molecule has 1 nitrogen and oxygen atoms in total. The summed E-state index contributed by atoms with van der Waals surface area (Å²) in [6.07, 6.45) is 2.33. The second-order valence-electron chi connectivity index (χ2n) is 2.70. The molecule has 0 heterocycles. The molecule has 0 N–H and O–H groups in total. The normalized spacial score (nSPS) is 13.6. The Kier molecular flexibility index (Phi) is 4.89. The van der Waals surface area contributed by atoms with Gasteiger partial charge in [0, 0.05) is 4.90 Å². The molecule has 0 bridgehead atoms. The first kappa shape index (κ1) is 10.6. The van der Waals surface area contributed by atoms with E-state index in [2.05, 4.69) is 30.5 Å². The van der Waals surface area contributed by atoms with Crippen LogP contribution in [0.4, 0.5) is 0 Å².